The Kier molecular flexibility index (Phi) is 5.79. The number of nitriles is 1. The third kappa shape index (κ3) is 3.99. The van der Waals surface area contributed by atoms with Gasteiger partial charge in [0, 0.05) is 18.8 Å². The van der Waals surface area contributed by atoms with E-state index in [1.54, 1.807) is 6.07 Å². The maximum absolute atomic E-state index is 13.9. The zero-order chi connectivity index (χ0) is 22.3. The summed E-state index contributed by atoms with van der Waals surface area (Å²) >= 11 is 5.76. The van der Waals surface area contributed by atoms with Crippen LogP contribution in [0, 0.1) is 17.1 Å². The lowest BCUT2D eigenvalue weighted by atomic mass is 9.83. The monoisotopic (exact) mass is 455 g/mol. The lowest BCUT2D eigenvalue weighted by Gasteiger charge is -2.39. The fraction of sp³-hybridized carbons (Fsp3) is 0.368. The van der Waals surface area contributed by atoms with Crippen LogP contribution in [-0.2, 0) is 10.0 Å². The summed E-state index contributed by atoms with van der Waals surface area (Å²) < 4.78 is 46.5. The number of sulfonamides is 1. The number of β-amino-alcohol motifs (C(OH)–C–C–N with tert-alkyl or cyclic N) is 1. The highest BCUT2D eigenvalue weighted by atomic mass is 35.5. The zero-order valence-electron chi connectivity index (χ0n) is 16.1. The summed E-state index contributed by atoms with van der Waals surface area (Å²) in [7, 11) is -4.14. The summed E-state index contributed by atoms with van der Waals surface area (Å²) in [4.78, 5) is 3.82. The number of pyridine rings is 1. The topological polar surface area (TPSA) is 124 Å². The average molecular weight is 456 g/mol. The van der Waals surface area contributed by atoms with E-state index < -0.39 is 39.7 Å². The second-order valence-electron chi connectivity index (χ2n) is 7.46. The smallest absolute Gasteiger partial charge is 0.260 e. The van der Waals surface area contributed by atoms with Crippen molar-refractivity contribution in [2.75, 3.05) is 13.1 Å². The van der Waals surface area contributed by atoms with Gasteiger partial charge in [0.25, 0.3) is 10.0 Å². The molecule has 1 aliphatic heterocycles. The SMILES string of the molecule is CC(C)(O)[C@]1(O)CN(S(=O)(=O)c2ccc(Cl)cn2)C[C@@H]1Oc1ccc(C#N)c(F)c1. The van der Waals surface area contributed by atoms with Gasteiger partial charge in [0.1, 0.15) is 29.3 Å². The molecule has 1 aliphatic rings. The molecule has 0 aliphatic carbocycles. The van der Waals surface area contributed by atoms with Crippen LogP contribution in [0.1, 0.15) is 19.4 Å². The molecule has 2 heterocycles. The van der Waals surface area contributed by atoms with Crippen LogP contribution in [0.2, 0.25) is 5.02 Å². The Morgan fingerprint density at radius 3 is 2.63 bits per heavy atom. The minimum Gasteiger partial charge on any atom is -0.486 e. The van der Waals surface area contributed by atoms with Crippen LogP contribution >= 0.6 is 11.6 Å². The molecule has 0 unspecified atom stereocenters. The predicted molar refractivity (Wildman–Crippen MR) is 105 cm³/mol. The Balaban J connectivity index is 1.95. The van der Waals surface area contributed by atoms with Crippen molar-refractivity contribution in [1.82, 2.24) is 9.29 Å². The standard InChI is InChI=1S/C19H19ClFN3O5S/c1-18(2,25)19(26)11-24(30(27,28)17-6-4-13(20)9-23-17)10-16(19)29-14-5-3-12(8-22)15(21)7-14/h3-7,9,16,25-26H,10-11H2,1-2H3/t16-,19-/m0/s1. The third-order valence-electron chi connectivity index (χ3n) is 5.02. The molecule has 2 atom stereocenters. The van der Waals surface area contributed by atoms with Gasteiger partial charge in [0.2, 0.25) is 0 Å². The normalized spacial score (nSPS) is 22.6. The summed E-state index contributed by atoms with van der Waals surface area (Å²) in [5, 5.41) is 30.5. The van der Waals surface area contributed by atoms with Gasteiger partial charge in [-0.2, -0.15) is 9.57 Å². The van der Waals surface area contributed by atoms with Crippen LogP contribution in [0.4, 0.5) is 4.39 Å². The van der Waals surface area contributed by atoms with Crippen molar-refractivity contribution in [3.8, 4) is 11.8 Å². The molecule has 1 aromatic carbocycles. The van der Waals surface area contributed by atoms with Crippen LogP contribution in [0.5, 0.6) is 5.75 Å². The maximum Gasteiger partial charge on any atom is 0.260 e. The van der Waals surface area contributed by atoms with Crippen LogP contribution < -0.4 is 4.74 Å². The van der Waals surface area contributed by atoms with Gasteiger partial charge in [-0.1, -0.05) is 11.6 Å². The van der Waals surface area contributed by atoms with E-state index in [1.165, 1.54) is 44.3 Å². The Hall–Kier alpha value is -2.29. The minimum atomic E-state index is -4.14. The number of rotatable bonds is 5. The molecule has 2 N–H and O–H groups in total. The van der Waals surface area contributed by atoms with Crippen molar-refractivity contribution >= 4 is 21.6 Å². The maximum atomic E-state index is 13.9. The van der Waals surface area contributed by atoms with E-state index in [1.807, 2.05) is 0 Å². The van der Waals surface area contributed by atoms with Crippen molar-refractivity contribution in [3.63, 3.8) is 0 Å². The van der Waals surface area contributed by atoms with Crippen LogP contribution in [-0.4, -0.2) is 58.3 Å². The second kappa shape index (κ2) is 7.76. The molecular formula is C19H19ClFN3O5S. The van der Waals surface area contributed by atoms with Gasteiger partial charge in [-0.15, -0.1) is 0 Å². The molecule has 1 saturated heterocycles. The first-order chi connectivity index (χ1) is 13.9. The summed E-state index contributed by atoms with van der Waals surface area (Å²) in [5.74, 6) is -0.849. The number of ether oxygens (including phenoxy) is 1. The molecule has 0 bridgehead atoms. The van der Waals surface area contributed by atoms with Gasteiger partial charge in [-0.25, -0.2) is 17.8 Å². The largest absolute Gasteiger partial charge is 0.486 e. The first kappa shape index (κ1) is 22.4. The summed E-state index contributed by atoms with van der Waals surface area (Å²) in [5.41, 5.74) is -3.97. The number of hydrogen-bond donors (Lipinski definition) is 2. The molecule has 0 amide bonds. The number of benzene rings is 1. The van der Waals surface area contributed by atoms with Crippen LogP contribution in [0.3, 0.4) is 0 Å². The zero-order valence-corrected chi connectivity index (χ0v) is 17.7. The number of aromatic nitrogens is 1. The molecule has 1 aromatic heterocycles. The van der Waals surface area contributed by atoms with E-state index in [2.05, 4.69) is 4.98 Å². The second-order valence-corrected chi connectivity index (χ2v) is 9.78. The fourth-order valence-electron chi connectivity index (χ4n) is 3.15. The van der Waals surface area contributed by atoms with E-state index in [0.717, 1.165) is 10.4 Å². The van der Waals surface area contributed by atoms with Crippen LogP contribution in [0.25, 0.3) is 0 Å². The average Bonchev–Trinajstić information content (AvgIpc) is 3.01. The van der Waals surface area contributed by atoms with E-state index in [-0.39, 0.29) is 27.9 Å². The van der Waals surface area contributed by atoms with E-state index in [9.17, 15) is 23.0 Å². The molecule has 0 saturated carbocycles. The molecule has 30 heavy (non-hydrogen) atoms. The highest BCUT2D eigenvalue weighted by Gasteiger charge is 2.58. The van der Waals surface area contributed by atoms with Gasteiger partial charge in [0.15, 0.2) is 5.03 Å². The number of hydrogen-bond acceptors (Lipinski definition) is 7. The van der Waals surface area contributed by atoms with Gasteiger partial charge < -0.3 is 14.9 Å². The van der Waals surface area contributed by atoms with Crippen molar-refractivity contribution < 1.29 is 27.8 Å². The quantitative estimate of drug-likeness (QED) is 0.703. The number of nitrogens with zero attached hydrogens (tertiary/aromatic N) is 3. The van der Waals surface area contributed by atoms with Crippen molar-refractivity contribution in [3.05, 3.63) is 52.9 Å². The Morgan fingerprint density at radius 1 is 1.40 bits per heavy atom. The molecule has 3 rings (SSSR count). The van der Waals surface area contributed by atoms with Crippen LogP contribution in [0.15, 0.2) is 41.6 Å². The Labute approximate surface area is 178 Å². The fourth-order valence-corrected chi connectivity index (χ4v) is 4.65. The number of aliphatic hydroxyl groups is 2. The summed E-state index contributed by atoms with van der Waals surface area (Å²) in [6.07, 6.45) is -0.0490. The molecular weight excluding hydrogens is 437 g/mol. The van der Waals surface area contributed by atoms with Crippen molar-refractivity contribution in [1.29, 1.82) is 5.26 Å². The Morgan fingerprint density at radius 2 is 2.10 bits per heavy atom. The Bertz CT molecular complexity index is 1100. The van der Waals surface area contributed by atoms with Gasteiger partial charge in [0.05, 0.1) is 22.7 Å². The molecule has 160 valence electrons. The van der Waals surface area contributed by atoms with Gasteiger partial charge in [-0.05, 0) is 38.1 Å². The van der Waals surface area contributed by atoms with E-state index >= 15 is 0 Å². The predicted octanol–water partition coefficient (Wildman–Crippen LogP) is 1.70. The highest BCUT2D eigenvalue weighted by molar-refractivity contribution is 7.89. The summed E-state index contributed by atoms with van der Waals surface area (Å²) in [6, 6.07) is 7.76. The molecule has 8 nitrogen and oxygen atoms in total. The molecule has 0 radical (unpaired) electrons. The molecule has 2 aromatic rings. The first-order valence-corrected chi connectivity index (χ1v) is 10.6. The summed E-state index contributed by atoms with van der Waals surface area (Å²) in [6.45, 7) is 1.83. The first-order valence-electron chi connectivity index (χ1n) is 8.81. The van der Waals surface area contributed by atoms with E-state index in [0.29, 0.717) is 0 Å². The van der Waals surface area contributed by atoms with Gasteiger partial charge in [-0.3, -0.25) is 0 Å². The van der Waals surface area contributed by atoms with Crippen molar-refractivity contribution in [2.24, 2.45) is 0 Å². The molecule has 11 heteroatoms. The number of halogens is 2. The minimum absolute atomic E-state index is 0.0250. The molecule has 0 spiro atoms. The van der Waals surface area contributed by atoms with Crippen molar-refractivity contribution in [2.45, 2.75) is 36.2 Å². The van der Waals surface area contributed by atoms with E-state index in [4.69, 9.17) is 21.6 Å². The lowest BCUT2D eigenvalue weighted by molar-refractivity contribution is -0.158. The lowest BCUT2D eigenvalue weighted by Crippen LogP contribution is -2.60. The third-order valence-corrected chi connectivity index (χ3v) is 6.97. The molecule has 1 fully saturated rings. The van der Waals surface area contributed by atoms with Gasteiger partial charge >= 0.3 is 0 Å². The highest BCUT2D eigenvalue weighted by Crippen LogP contribution is 2.37.